The second-order valence-corrected chi connectivity index (χ2v) is 5.20. The highest BCUT2D eigenvalue weighted by Gasteiger charge is 2.24. The van der Waals surface area contributed by atoms with Gasteiger partial charge in [0.2, 0.25) is 0 Å². The van der Waals surface area contributed by atoms with Crippen molar-refractivity contribution in [1.82, 2.24) is 4.90 Å². The molecule has 2 nitrogen and oxygen atoms in total. The second-order valence-electron chi connectivity index (χ2n) is 5.20. The molecule has 1 aliphatic heterocycles. The Kier molecular flexibility index (Phi) is 3.08. The molecule has 0 saturated carbocycles. The van der Waals surface area contributed by atoms with Crippen LogP contribution in [0.1, 0.15) is 29.5 Å². The Morgan fingerprint density at radius 1 is 1.05 bits per heavy atom. The van der Waals surface area contributed by atoms with Crippen LogP contribution in [0.2, 0.25) is 0 Å². The molecule has 19 heavy (non-hydrogen) atoms. The number of nitrogens with one attached hydrogen (secondary N) is 1. The number of fused-ring (bicyclic) bond motifs is 1. The summed E-state index contributed by atoms with van der Waals surface area (Å²) in [6.07, 6.45) is 0. The molecule has 2 heteroatoms. The summed E-state index contributed by atoms with van der Waals surface area (Å²) >= 11 is 0. The molecule has 96 valence electrons. The molecule has 1 aliphatic rings. The zero-order valence-electron chi connectivity index (χ0n) is 11.1. The summed E-state index contributed by atoms with van der Waals surface area (Å²) in [7, 11) is 0. The molecule has 1 N–H and O–H groups in total. The molecule has 3 rings (SSSR count). The van der Waals surface area contributed by atoms with Crippen molar-refractivity contribution in [2.75, 3.05) is 6.54 Å². The van der Waals surface area contributed by atoms with E-state index >= 15 is 0 Å². The summed E-state index contributed by atoms with van der Waals surface area (Å²) in [5.74, 6) is 1.11. The van der Waals surface area contributed by atoms with Gasteiger partial charge in [-0.25, -0.2) is 0 Å². The number of hydrogen-bond acceptors (Lipinski definition) is 1. The summed E-state index contributed by atoms with van der Waals surface area (Å²) in [4.78, 5) is 2.17. The van der Waals surface area contributed by atoms with E-state index in [1.807, 2.05) is 18.2 Å². The number of rotatable bonds is 3. The number of nitrogens with zero attached hydrogens (tertiary/aromatic N) is 1. The van der Waals surface area contributed by atoms with E-state index in [-0.39, 0.29) is 0 Å². The molecule has 0 bridgehead atoms. The van der Waals surface area contributed by atoms with Crippen LogP contribution in [-0.4, -0.2) is 17.3 Å². The highest BCUT2D eigenvalue weighted by Crippen LogP contribution is 2.25. The van der Waals surface area contributed by atoms with Crippen LogP contribution in [0, 0.1) is 5.41 Å². The van der Waals surface area contributed by atoms with Gasteiger partial charge < -0.3 is 4.90 Å². The molecule has 0 saturated heterocycles. The molecule has 1 atom stereocenters. The zero-order chi connectivity index (χ0) is 13.2. The molecule has 0 spiro atoms. The molecule has 0 amide bonds. The average Bonchev–Trinajstić information content (AvgIpc) is 2.77. The summed E-state index contributed by atoms with van der Waals surface area (Å²) < 4.78 is 0. The molecular weight excluding hydrogens is 232 g/mol. The first-order valence-electron chi connectivity index (χ1n) is 6.72. The fraction of sp³-hybridized carbons (Fsp3) is 0.235. The van der Waals surface area contributed by atoms with E-state index < -0.39 is 0 Å². The Morgan fingerprint density at radius 3 is 2.47 bits per heavy atom. The molecule has 2 aromatic rings. The van der Waals surface area contributed by atoms with E-state index in [0.29, 0.717) is 11.8 Å². The van der Waals surface area contributed by atoms with E-state index in [2.05, 4.69) is 48.2 Å². The Labute approximate surface area is 114 Å². The highest BCUT2D eigenvalue weighted by atomic mass is 15.2. The monoisotopic (exact) mass is 250 g/mol. The number of hydrogen-bond donors (Lipinski definition) is 1. The maximum absolute atomic E-state index is 8.27. The van der Waals surface area contributed by atoms with Gasteiger partial charge in [-0.2, -0.15) is 0 Å². The lowest BCUT2D eigenvalue weighted by Crippen LogP contribution is -2.28. The molecule has 0 aromatic heterocycles. The lowest BCUT2D eigenvalue weighted by Gasteiger charge is -2.22. The Balaban J connectivity index is 1.75. The summed E-state index contributed by atoms with van der Waals surface area (Å²) in [5, 5.41) is 8.27. The van der Waals surface area contributed by atoms with Gasteiger partial charge in [0.05, 0.1) is 0 Å². The third kappa shape index (κ3) is 2.26. The molecule has 0 aliphatic carbocycles. The van der Waals surface area contributed by atoms with Crippen LogP contribution in [0.25, 0.3) is 0 Å². The lowest BCUT2D eigenvalue weighted by atomic mass is 10.0. The quantitative estimate of drug-likeness (QED) is 0.884. The molecule has 0 fully saturated rings. The number of benzene rings is 2. The fourth-order valence-electron chi connectivity index (χ4n) is 2.72. The van der Waals surface area contributed by atoms with Crippen molar-refractivity contribution in [2.45, 2.75) is 19.4 Å². The second kappa shape index (κ2) is 4.88. The van der Waals surface area contributed by atoms with Crippen LogP contribution in [0.15, 0.2) is 54.6 Å². The van der Waals surface area contributed by atoms with Crippen molar-refractivity contribution in [3.63, 3.8) is 0 Å². The summed E-state index contributed by atoms with van der Waals surface area (Å²) in [5.41, 5.74) is 3.70. The van der Waals surface area contributed by atoms with Crippen LogP contribution in [0.4, 0.5) is 0 Å². The first kappa shape index (κ1) is 12.0. The van der Waals surface area contributed by atoms with Crippen molar-refractivity contribution >= 4 is 5.84 Å². The normalized spacial score (nSPS) is 15.4. The minimum atomic E-state index is 0.441. The van der Waals surface area contributed by atoms with E-state index in [1.165, 1.54) is 11.1 Å². The standard InChI is InChI=1S/C17H18N2/c1-13(14-7-3-2-4-8-14)11-19-12-15-9-5-6-10-16(15)17(19)18/h2-10,13,18H,11-12H2,1H3. The van der Waals surface area contributed by atoms with Crippen LogP contribution < -0.4 is 0 Å². The van der Waals surface area contributed by atoms with E-state index in [1.54, 1.807) is 0 Å². The van der Waals surface area contributed by atoms with Crippen LogP contribution in [-0.2, 0) is 6.54 Å². The van der Waals surface area contributed by atoms with Crippen molar-refractivity contribution in [2.24, 2.45) is 0 Å². The van der Waals surface area contributed by atoms with E-state index in [9.17, 15) is 0 Å². The van der Waals surface area contributed by atoms with Crippen molar-refractivity contribution < 1.29 is 0 Å². The van der Waals surface area contributed by atoms with E-state index in [0.717, 1.165) is 18.7 Å². The average molecular weight is 250 g/mol. The first-order valence-corrected chi connectivity index (χ1v) is 6.72. The van der Waals surface area contributed by atoms with Crippen LogP contribution in [0.5, 0.6) is 0 Å². The van der Waals surface area contributed by atoms with Gasteiger partial charge in [0, 0.05) is 18.7 Å². The Hall–Kier alpha value is -2.09. The molecular formula is C17H18N2. The van der Waals surface area contributed by atoms with Gasteiger partial charge in [-0.15, -0.1) is 0 Å². The maximum atomic E-state index is 8.27. The first-order chi connectivity index (χ1) is 9.25. The summed E-state index contributed by atoms with van der Waals surface area (Å²) in [6.45, 7) is 4.00. The maximum Gasteiger partial charge on any atom is 0.128 e. The molecule has 2 aromatic carbocycles. The highest BCUT2D eigenvalue weighted by molar-refractivity contribution is 6.00. The SMILES string of the molecule is CC(CN1Cc2ccccc2C1=N)c1ccccc1. The third-order valence-electron chi connectivity index (χ3n) is 3.81. The molecule has 1 heterocycles. The number of amidine groups is 1. The van der Waals surface area contributed by atoms with Gasteiger partial charge in [-0.3, -0.25) is 5.41 Å². The molecule has 1 unspecified atom stereocenters. The predicted molar refractivity (Wildman–Crippen MR) is 78.5 cm³/mol. The molecule has 0 radical (unpaired) electrons. The lowest BCUT2D eigenvalue weighted by molar-refractivity contribution is 0.401. The fourth-order valence-corrected chi connectivity index (χ4v) is 2.72. The van der Waals surface area contributed by atoms with Gasteiger partial charge in [0.15, 0.2) is 0 Å². The minimum absolute atomic E-state index is 0.441. The van der Waals surface area contributed by atoms with Gasteiger partial charge in [0.25, 0.3) is 0 Å². The largest absolute Gasteiger partial charge is 0.352 e. The summed E-state index contributed by atoms with van der Waals surface area (Å²) in [6, 6.07) is 18.8. The zero-order valence-corrected chi connectivity index (χ0v) is 11.1. The Bertz CT molecular complexity index is 589. The minimum Gasteiger partial charge on any atom is -0.352 e. The Morgan fingerprint density at radius 2 is 1.74 bits per heavy atom. The van der Waals surface area contributed by atoms with Gasteiger partial charge in [-0.1, -0.05) is 61.5 Å². The van der Waals surface area contributed by atoms with Gasteiger partial charge >= 0.3 is 0 Å². The third-order valence-corrected chi connectivity index (χ3v) is 3.81. The van der Waals surface area contributed by atoms with Gasteiger partial charge in [-0.05, 0) is 17.0 Å². The van der Waals surface area contributed by atoms with Crippen molar-refractivity contribution in [3.8, 4) is 0 Å². The van der Waals surface area contributed by atoms with Gasteiger partial charge in [0.1, 0.15) is 5.84 Å². The topological polar surface area (TPSA) is 27.1 Å². The van der Waals surface area contributed by atoms with E-state index in [4.69, 9.17) is 5.41 Å². The van der Waals surface area contributed by atoms with Crippen molar-refractivity contribution in [3.05, 3.63) is 71.3 Å². The van der Waals surface area contributed by atoms with Crippen LogP contribution in [0.3, 0.4) is 0 Å². The van der Waals surface area contributed by atoms with Crippen LogP contribution >= 0.6 is 0 Å². The van der Waals surface area contributed by atoms with Crippen molar-refractivity contribution in [1.29, 1.82) is 5.41 Å². The smallest absolute Gasteiger partial charge is 0.128 e. The predicted octanol–water partition coefficient (Wildman–Crippen LogP) is 3.63.